The summed E-state index contributed by atoms with van der Waals surface area (Å²) >= 11 is 0. The molecular formula is C22H29N5O7. The summed E-state index contributed by atoms with van der Waals surface area (Å²) in [6, 6.07) is 3.85. The van der Waals surface area contributed by atoms with Crippen LogP contribution in [-0.4, -0.2) is 87.6 Å². The number of aliphatic hydroxyl groups is 3. The quantitative estimate of drug-likeness (QED) is 0.303. The Balaban J connectivity index is 1.43. The lowest BCUT2D eigenvalue weighted by molar-refractivity contribution is -0.0511. The molecule has 1 unspecified atom stereocenters. The fourth-order valence-corrected chi connectivity index (χ4v) is 4.06. The second-order valence-corrected chi connectivity index (χ2v) is 7.84. The Morgan fingerprint density at radius 3 is 2.38 bits per heavy atom. The van der Waals surface area contributed by atoms with Gasteiger partial charge in [0.1, 0.15) is 24.6 Å². The van der Waals surface area contributed by atoms with Crippen LogP contribution in [0.25, 0.3) is 11.2 Å². The standard InChI is InChI=1S/C22H29N5O7/c1-31-13-7-12(8-14(32-2)19(13)33-3)5-4-6-23-20-16-21(25-10-24-20)27(11-26-16)22-18(30)17(29)15(9-28)34-22/h7-8,10-11,15,17-18,22,28-30H,4-6,9H2,1-3H3,(H,23,24,25)/t15-,17-,18-,22?/m1/s1. The SMILES string of the molecule is COc1cc(CCCNc2ncnc3c2ncn3C2O[C@H](CO)[C@@H](O)[C@H]2O)cc(OC)c1OC. The highest BCUT2D eigenvalue weighted by Crippen LogP contribution is 2.38. The van der Waals surface area contributed by atoms with E-state index in [1.165, 1.54) is 17.2 Å². The van der Waals surface area contributed by atoms with E-state index in [9.17, 15) is 15.3 Å². The van der Waals surface area contributed by atoms with Crippen LogP contribution in [0.3, 0.4) is 0 Å². The van der Waals surface area contributed by atoms with Gasteiger partial charge in [-0.05, 0) is 30.5 Å². The molecule has 2 aromatic heterocycles. The number of rotatable bonds is 10. The fraction of sp³-hybridized carbons (Fsp3) is 0.500. The molecule has 0 aliphatic carbocycles. The Morgan fingerprint density at radius 2 is 1.76 bits per heavy atom. The van der Waals surface area contributed by atoms with Gasteiger partial charge in [-0.3, -0.25) is 4.57 Å². The van der Waals surface area contributed by atoms with Crippen LogP contribution in [0.4, 0.5) is 5.82 Å². The topological polar surface area (TPSA) is 153 Å². The number of anilines is 1. The second kappa shape index (κ2) is 10.4. The van der Waals surface area contributed by atoms with Crippen molar-refractivity contribution in [2.45, 2.75) is 37.4 Å². The lowest BCUT2D eigenvalue weighted by Gasteiger charge is -2.16. The van der Waals surface area contributed by atoms with Crippen LogP contribution in [0.15, 0.2) is 24.8 Å². The first kappa shape index (κ1) is 24.0. The molecule has 1 fully saturated rings. The van der Waals surface area contributed by atoms with Crippen LogP contribution >= 0.6 is 0 Å². The molecule has 0 bridgehead atoms. The number of aliphatic hydroxyl groups excluding tert-OH is 3. The third-order valence-corrected chi connectivity index (χ3v) is 5.81. The van der Waals surface area contributed by atoms with Crippen molar-refractivity contribution in [2.24, 2.45) is 0 Å². The number of fused-ring (bicyclic) bond motifs is 1. The first-order valence-corrected chi connectivity index (χ1v) is 10.8. The number of hydrogen-bond donors (Lipinski definition) is 4. The Bertz CT molecular complexity index is 1100. The summed E-state index contributed by atoms with van der Waals surface area (Å²) in [5.41, 5.74) is 1.99. The van der Waals surface area contributed by atoms with Crippen molar-refractivity contribution in [1.29, 1.82) is 0 Å². The highest BCUT2D eigenvalue weighted by molar-refractivity contribution is 5.82. The average molecular weight is 476 g/mol. The minimum Gasteiger partial charge on any atom is -0.493 e. The van der Waals surface area contributed by atoms with E-state index in [0.29, 0.717) is 40.8 Å². The molecule has 0 amide bonds. The van der Waals surface area contributed by atoms with E-state index in [4.69, 9.17) is 18.9 Å². The zero-order chi connectivity index (χ0) is 24.2. The van der Waals surface area contributed by atoms with Crippen molar-refractivity contribution in [3.63, 3.8) is 0 Å². The molecule has 3 heterocycles. The summed E-state index contributed by atoms with van der Waals surface area (Å²) in [5.74, 6) is 2.32. The van der Waals surface area contributed by atoms with Crippen LogP contribution in [0.1, 0.15) is 18.2 Å². The van der Waals surface area contributed by atoms with Crippen molar-refractivity contribution in [3.8, 4) is 17.2 Å². The molecule has 3 aromatic rings. The maximum Gasteiger partial charge on any atom is 0.203 e. The summed E-state index contributed by atoms with van der Waals surface area (Å²) in [4.78, 5) is 12.9. The Morgan fingerprint density at radius 1 is 1.03 bits per heavy atom. The number of imidazole rings is 1. The molecule has 0 radical (unpaired) electrons. The second-order valence-electron chi connectivity index (χ2n) is 7.84. The molecule has 1 saturated heterocycles. The third-order valence-electron chi connectivity index (χ3n) is 5.81. The fourth-order valence-electron chi connectivity index (χ4n) is 4.06. The van der Waals surface area contributed by atoms with Gasteiger partial charge in [-0.2, -0.15) is 0 Å². The zero-order valence-electron chi connectivity index (χ0n) is 19.2. The van der Waals surface area contributed by atoms with Crippen LogP contribution in [-0.2, 0) is 11.2 Å². The zero-order valence-corrected chi connectivity index (χ0v) is 19.2. The summed E-state index contributed by atoms with van der Waals surface area (Å²) < 4.78 is 23.3. The summed E-state index contributed by atoms with van der Waals surface area (Å²) in [6.07, 6.45) is 0.187. The molecule has 34 heavy (non-hydrogen) atoms. The number of methoxy groups -OCH3 is 3. The minimum absolute atomic E-state index is 0.408. The lowest BCUT2D eigenvalue weighted by Crippen LogP contribution is -2.33. The van der Waals surface area contributed by atoms with Gasteiger partial charge in [0.15, 0.2) is 34.7 Å². The van der Waals surface area contributed by atoms with Gasteiger partial charge in [0, 0.05) is 6.54 Å². The first-order chi connectivity index (χ1) is 16.5. The van der Waals surface area contributed by atoms with Crippen LogP contribution in [0, 0.1) is 0 Å². The highest BCUT2D eigenvalue weighted by atomic mass is 16.6. The number of benzene rings is 1. The smallest absolute Gasteiger partial charge is 0.203 e. The van der Waals surface area contributed by atoms with Gasteiger partial charge in [-0.15, -0.1) is 0 Å². The van der Waals surface area contributed by atoms with E-state index in [2.05, 4.69) is 20.3 Å². The predicted molar refractivity (Wildman–Crippen MR) is 121 cm³/mol. The van der Waals surface area contributed by atoms with Crippen molar-refractivity contribution in [2.75, 3.05) is 39.8 Å². The normalized spacial score (nSPS) is 22.2. The maximum atomic E-state index is 10.3. The Hall–Kier alpha value is -3.19. The van der Waals surface area contributed by atoms with Crippen molar-refractivity contribution >= 4 is 17.0 Å². The molecule has 0 spiro atoms. The van der Waals surface area contributed by atoms with E-state index in [-0.39, 0.29) is 0 Å². The summed E-state index contributed by atoms with van der Waals surface area (Å²) in [7, 11) is 4.74. The molecule has 184 valence electrons. The van der Waals surface area contributed by atoms with Gasteiger partial charge in [-0.25, -0.2) is 15.0 Å². The van der Waals surface area contributed by atoms with Crippen molar-refractivity contribution in [3.05, 3.63) is 30.4 Å². The van der Waals surface area contributed by atoms with Gasteiger partial charge < -0.3 is 39.6 Å². The average Bonchev–Trinajstić information content (AvgIpc) is 3.42. The van der Waals surface area contributed by atoms with Gasteiger partial charge in [0.25, 0.3) is 0 Å². The molecule has 4 N–H and O–H groups in total. The van der Waals surface area contributed by atoms with Crippen molar-refractivity contribution < 1.29 is 34.3 Å². The number of aryl methyl sites for hydroxylation is 1. The van der Waals surface area contributed by atoms with Gasteiger partial charge >= 0.3 is 0 Å². The number of nitrogens with zero attached hydrogens (tertiary/aromatic N) is 4. The number of aromatic nitrogens is 4. The minimum atomic E-state index is -1.22. The Labute approximate surface area is 196 Å². The highest BCUT2D eigenvalue weighted by Gasteiger charge is 2.44. The molecule has 1 aromatic carbocycles. The van der Waals surface area contributed by atoms with Gasteiger partial charge in [-0.1, -0.05) is 0 Å². The molecule has 1 aliphatic rings. The molecule has 4 rings (SSSR count). The monoisotopic (exact) mass is 475 g/mol. The third kappa shape index (κ3) is 4.44. The van der Waals surface area contributed by atoms with E-state index in [1.807, 2.05) is 12.1 Å². The van der Waals surface area contributed by atoms with Gasteiger partial charge in [0.05, 0.1) is 34.3 Å². The molecule has 12 nitrogen and oxygen atoms in total. The largest absolute Gasteiger partial charge is 0.493 e. The first-order valence-electron chi connectivity index (χ1n) is 10.8. The van der Waals surface area contributed by atoms with E-state index in [0.717, 1.165) is 18.4 Å². The molecule has 0 saturated carbocycles. The van der Waals surface area contributed by atoms with Crippen LogP contribution in [0.5, 0.6) is 17.2 Å². The maximum absolute atomic E-state index is 10.3. The van der Waals surface area contributed by atoms with Crippen molar-refractivity contribution in [1.82, 2.24) is 19.5 Å². The number of nitrogens with one attached hydrogen (secondary N) is 1. The molecule has 4 atom stereocenters. The summed E-state index contributed by atoms with van der Waals surface area (Å²) in [6.45, 7) is 0.207. The summed E-state index contributed by atoms with van der Waals surface area (Å²) in [5, 5.41) is 33.0. The Kier molecular flexibility index (Phi) is 7.32. The van der Waals surface area contributed by atoms with E-state index < -0.39 is 31.1 Å². The predicted octanol–water partition coefficient (Wildman–Crippen LogP) is 0.508. The number of hydrogen-bond acceptors (Lipinski definition) is 11. The van der Waals surface area contributed by atoms with Gasteiger partial charge in [0.2, 0.25) is 5.75 Å². The number of ether oxygens (including phenoxy) is 4. The molecular weight excluding hydrogens is 446 g/mol. The lowest BCUT2D eigenvalue weighted by atomic mass is 10.1. The van der Waals surface area contributed by atoms with E-state index >= 15 is 0 Å². The molecule has 1 aliphatic heterocycles. The molecule has 12 heteroatoms. The van der Waals surface area contributed by atoms with Crippen LogP contribution in [0.2, 0.25) is 0 Å². The van der Waals surface area contributed by atoms with E-state index in [1.54, 1.807) is 21.3 Å². The van der Waals surface area contributed by atoms with Crippen LogP contribution < -0.4 is 19.5 Å².